The van der Waals surface area contributed by atoms with E-state index in [9.17, 15) is 32.3 Å². The van der Waals surface area contributed by atoms with Crippen molar-refractivity contribution in [3.63, 3.8) is 0 Å². The third-order valence-corrected chi connectivity index (χ3v) is 7.06. The number of alkyl carbamates (subject to hydrolysis) is 1. The number of nitrogens with one attached hydrogen (secondary N) is 2. The van der Waals surface area contributed by atoms with E-state index in [4.69, 9.17) is 4.74 Å². The summed E-state index contributed by atoms with van der Waals surface area (Å²) in [6.45, 7) is 1.08. The Kier molecular flexibility index (Phi) is 6.35. The Morgan fingerprint density at radius 2 is 1.97 bits per heavy atom. The van der Waals surface area contributed by atoms with Crippen molar-refractivity contribution in [2.75, 3.05) is 0 Å². The fourth-order valence-corrected chi connectivity index (χ4v) is 5.02. The first kappa shape index (κ1) is 25.7. The molecule has 0 radical (unpaired) electrons. The van der Waals surface area contributed by atoms with Crippen LogP contribution in [0.1, 0.15) is 64.6 Å². The van der Waals surface area contributed by atoms with Crippen LogP contribution in [-0.4, -0.2) is 50.6 Å². The summed E-state index contributed by atoms with van der Waals surface area (Å²) in [6.07, 6.45) is -4.45. The van der Waals surface area contributed by atoms with Crippen LogP contribution in [0.3, 0.4) is 0 Å². The number of carbonyl (C=O) groups excluding carboxylic acids is 4. The molecular weight excluding hydrogens is 514 g/mol. The first-order valence-corrected chi connectivity index (χ1v) is 11.9. The Bertz CT molecular complexity index is 1330. The Morgan fingerprint density at radius 3 is 2.63 bits per heavy atom. The number of imide groups is 1. The van der Waals surface area contributed by atoms with E-state index in [2.05, 4.69) is 15.7 Å². The first-order chi connectivity index (χ1) is 17.9. The number of nitrogens with zero attached hydrogens (tertiary/aromatic N) is 3. The van der Waals surface area contributed by atoms with Crippen LogP contribution in [0.25, 0.3) is 0 Å². The number of carbonyl (C=O) groups is 4. The topological polar surface area (TPSA) is 123 Å². The molecule has 0 bridgehead atoms. The number of fused-ring (bicyclic) bond motifs is 1. The number of hydrogen-bond acceptors (Lipinski definition) is 6. The molecule has 3 heterocycles. The summed E-state index contributed by atoms with van der Waals surface area (Å²) in [5.74, 6) is -2.57. The van der Waals surface area contributed by atoms with Gasteiger partial charge in [0.25, 0.3) is 5.91 Å². The van der Waals surface area contributed by atoms with Crippen molar-refractivity contribution < 1.29 is 41.5 Å². The standard InChI is InChI=1S/C24H23F4N5O5/c1-11-6-17(24(26,27)28)31-33(11)15-7-14(8-15)29-23(37)38-10-13-3-2-12-9-32(22(36)19(12)20(13)25)16-4-5-18(34)30-21(16)35/h2-3,6,14-16H,4-5,7-10H2,1H3,(H,29,37)(H,30,34,35). The van der Waals surface area contributed by atoms with Crippen molar-refractivity contribution in [1.29, 1.82) is 0 Å². The molecule has 2 fully saturated rings. The highest BCUT2D eigenvalue weighted by Crippen LogP contribution is 2.36. The molecule has 1 saturated heterocycles. The first-order valence-electron chi connectivity index (χ1n) is 11.9. The quantitative estimate of drug-likeness (QED) is 0.447. The summed E-state index contributed by atoms with van der Waals surface area (Å²) < 4.78 is 60.2. The molecular formula is C24H23F4N5O5. The lowest BCUT2D eigenvalue weighted by Gasteiger charge is -2.36. The zero-order valence-corrected chi connectivity index (χ0v) is 20.1. The number of aryl methyl sites for hydroxylation is 1. The molecule has 202 valence electrons. The van der Waals surface area contributed by atoms with Crippen molar-refractivity contribution in [2.24, 2.45) is 0 Å². The van der Waals surface area contributed by atoms with Crippen LogP contribution in [0.2, 0.25) is 0 Å². The van der Waals surface area contributed by atoms with Crippen LogP contribution in [-0.2, 0) is 33.7 Å². The molecule has 2 aliphatic heterocycles. The molecule has 38 heavy (non-hydrogen) atoms. The number of piperidine rings is 1. The van der Waals surface area contributed by atoms with Gasteiger partial charge in [0, 0.05) is 30.3 Å². The van der Waals surface area contributed by atoms with Gasteiger partial charge in [-0.25, -0.2) is 9.18 Å². The summed E-state index contributed by atoms with van der Waals surface area (Å²) in [7, 11) is 0. The summed E-state index contributed by atoms with van der Waals surface area (Å²) in [5, 5.41) is 8.38. The Labute approximate surface area is 213 Å². The number of hydrogen-bond donors (Lipinski definition) is 2. The molecule has 3 aliphatic rings. The van der Waals surface area contributed by atoms with E-state index < -0.39 is 54.2 Å². The summed E-state index contributed by atoms with van der Waals surface area (Å²) in [4.78, 5) is 49.9. The molecule has 0 spiro atoms. The van der Waals surface area contributed by atoms with Crippen molar-refractivity contribution in [3.05, 3.63) is 52.1 Å². The molecule has 1 aromatic carbocycles. The molecule has 1 aromatic heterocycles. The molecule has 1 aliphatic carbocycles. The maximum atomic E-state index is 15.2. The lowest BCUT2D eigenvalue weighted by molar-refractivity contribution is -0.141. The number of benzene rings is 1. The predicted molar refractivity (Wildman–Crippen MR) is 120 cm³/mol. The van der Waals surface area contributed by atoms with Gasteiger partial charge in [0.05, 0.1) is 11.6 Å². The highest BCUT2D eigenvalue weighted by atomic mass is 19.4. The summed E-state index contributed by atoms with van der Waals surface area (Å²) in [6, 6.07) is 2.35. The van der Waals surface area contributed by atoms with Gasteiger partial charge in [0.2, 0.25) is 11.8 Å². The van der Waals surface area contributed by atoms with Gasteiger partial charge in [-0.15, -0.1) is 0 Å². The van der Waals surface area contributed by atoms with E-state index in [-0.39, 0.29) is 42.6 Å². The minimum atomic E-state index is -4.54. The zero-order chi connectivity index (χ0) is 27.4. The molecule has 1 unspecified atom stereocenters. The van der Waals surface area contributed by atoms with Gasteiger partial charge in [-0.2, -0.15) is 18.3 Å². The van der Waals surface area contributed by atoms with E-state index in [0.717, 1.165) is 6.07 Å². The van der Waals surface area contributed by atoms with Crippen molar-refractivity contribution in [2.45, 2.75) is 70.1 Å². The molecule has 1 atom stereocenters. The molecule has 10 nitrogen and oxygen atoms in total. The third-order valence-electron chi connectivity index (χ3n) is 7.06. The second-order valence-corrected chi connectivity index (χ2v) is 9.63. The van der Waals surface area contributed by atoms with Crippen molar-refractivity contribution in [1.82, 2.24) is 25.3 Å². The number of halogens is 4. The normalized spacial score (nSPS) is 23.1. The van der Waals surface area contributed by atoms with E-state index in [0.29, 0.717) is 24.1 Å². The lowest BCUT2D eigenvalue weighted by Crippen LogP contribution is -2.52. The van der Waals surface area contributed by atoms with Crippen molar-refractivity contribution >= 4 is 23.8 Å². The van der Waals surface area contributed by atoms with Gasteiger partial charge in [-0.3, -0.25) is 24.4 Å². The van der Waals surface area contributed by atoms with Crippen LogP contribution in [0.15, 0.2) is 18.2 Å². The van der Waals surface area contributed by atoms with Crippen molar-refractivity contribution in [3.8, 4) is 0 Å². The summed E-state index contributed by atoms with van der Waals surface area (Å²) >= 11 is 0. The van der Waals surface area contributed by atoms with Gasteiger partial charge in [0.15, 0.2) is 5.69 Å². The van der Waals surface area contributed by atoms with E-state index in [1.165, 1.54) is 28.6 Å². The molecule has 14 heteroatoms. The Morgan fingerprint density at radius 1 is 1.24 bits per heavy atom. The predicted octanol–water partition coefficient (Wildman–Crippen LogP) is 2.74. The molecule has 5 rings (SSSR count). The molecule has 1 saturated carbocycles. The number of amides is 4. The zero-order valence-electron chi connectivity index (χ0n) is 20.1. The fraction of sp³-hybridized carbons (Fsp3) is 0.458. The smallest absolute Gasteiger partial charge is 0.435 e. The van der Waals surface area contributed by atoms with Gasteiger partial charge < -0.3 is 15.0 Å². The molecule has 2 N–H and O–H groups in total. The van der Waals surface area contributed by atoms with Crippen LogP contribution in [0.5, 0.6) is 0 Å². The maximum Gasteiger partial charge on any atom is 0.435 e. The molecule has 4 amide bonds. The maximum absolute atomic E-state index is 15.2. The van der Waals surface area contributed by atoms with E-state index in [1.807, 2.05) is 0 Å². The highest BCUT2D eigenvalue weighted by molar-refractivity contribution is 6.05. The average molecular weight is 537 g/mol. The number of alkyl halides is 3. The SMILES string of the molecule is Cc1cc(C(F)(F)F)nn1C1CC(NC(=O)OCc2ccc3c(c2F)C(=O)N(C2CCC(=O)NC2=O)C3)C1. The van der Waals surface area contributed by atoms with E-state index in [1.54, 1.807) is 0 Å². The van der Waals surface area contributed by atoms with Gasteiger partial charge in [0.1, 0.15) is 18.5 Å². The van der Waals surface area contributed by atoms with Gasteiger partial charge in [-0.05, 0) is 37.8 Å². The van der Waals surface area contributed by atoms with Crippen LogP contribution in [0.4, 0.5) is 22.4 Å². The Hall–Kier alpha value is -3.97. The fourth-order valence-electron chi connectivity index (χ4n) is 5.02. The molecule has 2 aromatic rings. The average Bonchev–Trinajstić information content (AvgIpc) is 3.36. The highest BCUT2D eigenvalue weighted by Gasteiger charge is 2.41. The van der Waals surface area contributed by atoms with Gasteiger partial charge >= 0.3 is 12.3 Å². The minimum Gasteiger partial charge on any atom is -0.445 e. The Balaban J connectivity index is 1.15. The number of rotatable bonds is 5. The number of ether oxygens (including phenoxy) is 1. The lowest BCUT2D eigenvalue weighted by atomic mass is 9.87. The largest absolute Gasteiger partial charge is 0.445 e. The van der Waals surface area contributed by atoms with E-state index >= 15 is 4.39 Å². The van der Waals surface area contributed by atoms with Crippen LogP contribution >= 0.6 is 0 Å². The summed E-state index contributed by atoms with van der Waals surface area (Å²) in [5.41, 5.74) is -0.461. The third kappa shape index (κ3) is 4.70. The van der Waals surface area contributed by atoms with Gasteiger partial charge in [-0.1, -0.05) is 12.1 Å². The monoisotopic (exact) mass is 537 g/mol. The van der Waals surface area contributed by atoms with Crippen LogP contribution in [0, 0.1) is 12.7 Å². The minimum absolute atomic E-state index is 0.0159. The second kappa shape index (κ2) is 9.40. The second-order valence-electron chi connectivity index (χ2n) is 9.63. The number of aromatic nitrogens is 2. The van der Waals surface area contributed by atoms with Crippen LogP contribution < -0.4 is 10.6 Å².